The number of aromatic nitrogens is 1. The van der Waals surface area contributed by atoms with Crippen LogP contribution in [0.25, 0.3) is 0 Å². The second kappa shape index (κ2) is 4.86. The topological polar surface area (TPSA) is 42.0 Å². The molecule has 0 aliphatic heterocycles. The van der Waals surface area contributed by atoms with Crippen LogP contribution in [0, 0.1) is 5.41 Å². The summed E-state index contributed by atoms with van der Waals surface area (Å²) in [5.74, 6) is 0.186. The third kappa shape index (κ3) is 2.65. The van der Waals surface area contributed by atoms with Gasteiger partial charge >= 0.3 is 0 Å². The number of pyridine rings is 1. The monoisotopic (exact) mass is 232 g/mol. The molecule has 17 heavy (non-hydrogen) atoms. The van der Waals surface area contributed by atoms with Gasteiger partial charge in [-0.15, -0.1) is 0 Å². The molecule has 0 spiro atoms. The van der Waals surface area contributed by atoms with Gasteiger partial charge in [0.1, 0.15) is 0 Å². The molecule has 1 aliphatic carbocycles. The van der Waals surface area contributed by atoms with E-state index in [-0.39, 0.29) is 17.4 Å². The Kier molecular flexibility index (Phi) is 3.46. The molecule has 0 aromatic carbocycles. The highest BCUT2D eigenvalue weighted by Crippen LogP contribution is 2.38. The zero-order valence-electron chi connectivity index (χ0n) is 10.6. The molecule has 1 fully saturated rings. The quantitative estimate of drug-likeness (QED) is 0.870. The fraction of sp³-hybridized carbons (Fsp3) is 0.571. The molecular weight excluding hydrogens is 212 g/mol. The first-order valence-corrected chi connectivity index (χ1v) is 6.33. The molecule has 3 heteroatoms. The summed E-state index contributed by atoms with van der Waals surface area (Å²) in [7, 11) is 0. The zero-order chi connectivity index (χ0) is 12.3. The lowest BCUT2D eigenvalue weighted by molar-refractivity contribution is -0.130. The SMILES string of the molecule is CC(NC(=O)C1(C)CCCC1)c1cccnc1. The number of carbonyl (C=O) groups is 1. The van der Waals surface area contributed by atoms with Gasteiger partial charge in [0.25, 0.3) is 0 Å². The minimum absolute atomic E-state index is 0.0358. The fourth-order valence-electron chi connectivity index (χ4n) is 2.47. The Labute approximate surface area is 103 Å². The minimum Gasteiger partial charge on any atom is -0.349 e. The lowest BCUT2D eigenvalue weighted by Gasteiger charge is -2.25. The maximum Gasteiger partial charge on any atom is 0.226 e. The van der Waals surface area contributed by atoms with Gasteiger partial charge in [-0.2, -0.15) is 0 Å². The molecule has 1 aromatic heterocycles. The van der Waals surface area contributed by atoms with Gasteiger partial charge in [-0.3, -0.25) is 9.78 Å². The second-order valence-electron chi connectivity index (χ2n) is 5.25. The van der Waals surface area contributed by atoms with Crippen molar-refractivity contribution in [3.05, 3.63) is 30.1 Å². The highest BCUT2D eigenvalue weighted by molar-refractivity contribution is 5.82. The number of nitrogens with one attached hydrogen (secondary N) is 1. The summed E-state index contributed by atoms with van der Waals surface area (Å²) < 4.78 is 0. The molecule has 1 N–H and O–H groups in total. The van der Waals surface area contributed by atoms with Gasteiger partial charge in [0.15, 0.2) is 0 Å². The number of rotatable bonds is 3. The first kappa shape index (κ1) is 12.1. The van der Waals surface area contributed by atoms with Crippen molar-refractivity contribution in [2.45, 2.75) is 45.6 Å². The molecular formula is C14H20N2O. The Morgan fingerprint density at radius 1 is 1.47 bits per heavy atom. The van der Waals surface area contributed by atoms with E-state index >= 15 is 0 Å². The molecule has 1 heterocycles. The van der Waals surface area contributed by atoms with Crippen LogP contribution in [-0.2, 0) is 4.79 Å². The smallest absolute Gasteiger partial charge is 0.226 e. The summed E-state index contributed by atoms with van der Waals surface area (Å²) in [4.78, 5) is 16.3. The molecule has 1 aliphatic rings. The first-order valence-electron chi connectivity index (χ1n) is 6.33. The van der Waals surface area contributed by atoms with Gasteiger partial charge in [0.05, 0.1) is 6.04 Å². The summed E-state index contributed by atoms with van der Waals surface area (Å²) in [5.41, 5.74) is 0.902. The van der Waals surface area contributed by atoms with E-state index in [1.54, 1.807) is 6.20 Å². The van der Waals surface area contributed by atoms with Gasteiger partial charge in [-0.1, -0.05) is 25.8 Å². The van der Waals surface area contributed by atoms with Crippen LogP contribution in [0.3, 0.4) is 0 Å². The Morgan fingerprint density at radius 3 is 2.76 bits per heavy atom. The van der Waals surface area contributed by atoms with Crippen LogP contribution >= 0.6 is 0 Å². The standard InChI is InChI=1S/C14H20N2O/c1-11(12-6-5-9-15-10-12)16-13(17)14(2)7-3-4-8-14/h5-6,9-11H,3-4,7-8H2,1-2H3,(H,16,17). The summed E-state index contributed by atoms with van der Waals surface area (Å²) >= 11 is 0. The van der Waals surface area contributed by atoms with Gasteiger partial charge in [0.2, 0.25) is 5.91 Å². The van der Waals surface area contributed by atoms with Gasteiger partial charge in [0, 0.05) is 17.8 Å². The number of nitrogens with zero attached hydrogens (tertiary/aromatic N) is 1. The normalized spacial score (nSPS) is 19.9. The summed E-state index contributed by atoms with van der Waals surface area (Å²) in [6, 6.07) is 3.93. The summed E-state index contributed by atoms with van der Waals surface area (Å²) in [6.45, 7) is 4.08. The molecule has 3 nitrogen and oxygen atoms in total. The van der Waals surface area contributed by atoms with Crippen molar-refractivity contribution in [2.75, 3.05) is 0 Å². The third-order valence-corrected chi connectivity index (χ3v) is 3.79. The molecule has 1 amide bonds. The zero-order valence-corrected chi connectivity index (χ0v) is 10.6. The van der Waals surface area contributed by atoms with Crippen molar-refractivity contribution < 1.29 is 4.79 Å². The molecule has 2 rings (SSSR count). The van der Waals surface area contributed by atoms with Crippen molar-refractivity contribution in [3.8, 4) is 0 Å². The van der Waals surface area contributed by atoms with Crippen LogP contribution in [0.5, 0.6) is 0 Å². The van der Waals surface area contributed by atoms with Crippen LogP contribution < -0.4 is 5.32 Å². The van der Waals surface area contributed by atoms with Crippen LogP contribution in [0.1, 0.15) is 51.1 Å². The molecule has 0 bridgehead atoms. The number of hydrogen-bond donors (Lipinski definition) is 1. The van der Waals surface area contributed by atoms with Crippen LogP contribution in [0.15, 0.2) is 24.5 Å². The maximum atomic E-state index is 12.2. The highest BCUT2D eigenvalue weighted by Gasteiger charge is 2.36. The Balaban J connectivity index is 1.99. The van der Waals surface area contributed by atoms with Gasteiger partial charge in [-0.25, -0.2) is 0 Å². The first-order chi connectivity index (χ1) is 8.12. The van der Waals surface area contributed by atoms with Crippen molar-refractivity contribution in [1.29, 1.82) is 0 Å². The van der Waals surface area contributed by atoms with E-state index in [2.05, 4.69) is 17.2 Å². The summed E-state index contributed by atoms with van der Waals surface area (Å²) in [6.07, 6.45) is 7.92. The molecule has 1 aromatic rings. The van der Waals surface area contributed by atoms with Gasteiger partial charge < -0.3 is 5.32 Å². The molecule has 92 valence electrons. The van der Waals surface area contributed by atoms with E-state index in [0.29, 0.717) is 0 Å². The number of carbonyl (C=O) groups excluding carboxylic acids is 1. The van der Waals surface area contributed by atoms with Gasteiger partial charge in [-0.05, 0) is 31.4 Å². The average molecular weight is 232 g/mol. The molecule has 1 unspecified atom stereocenters. The van der Waals surface area contributed by atoms with Crippen LogP contribution in [-0.4, -0.2) is 10.9 Å². The van der Waals surface area contributed by atoms with Crippen molar-refractivity contribution >= 4 is 5.91 Å². The van der Waals surface area contributed by atoms with Crippen LogP contribution in [0.4, 0.5) is 0 Å². The van der Waals surface area contributed by atoms with E-state index in [1.807, 2.05) is 25.3 Å². The Morgan fingerprint density at radius 2 is 2.18 bits per heavy atom. The van der Waals surface area contributed by atoms with Crippen molar-refractivity contribution in [3.63, 3.8) is 0 Å². The third-order valence-electron chi connectivity index (χ3n) is 3.79. The minimum atomic E-state index is -0.156. The number of amides is 1. The Bertz CT molecular complexity index is 382. The predicted molar refractivity (Wildman–Crippen MR) is 67.4 cm³/mol. The largest absolute Gasteiger partial charge is 0.349 e. The molecule has 0 radical (unpaired) electrons. The Hall–Kier alpha value is -1.38. The van der Waals surface area contributed by atoms with E-state index < -0.39 is 0 Å². The van der Waals surface area contributed by atoms with Crippen LogP contribution in [0.2, 0.25) is 0 Å². The second-order valence-corrected chi connectivity index (χ2v) is 5.25. The van der Waals surface area contributed by atoms with E-state index in [9.17, 15) is 4.79 Å². The highest BCUT2D eigenvalue weighted by atomic mass is 16.2. The lowest BCUT2D eigenvalue weighted by Crippen LogP contribution is -2.38. The van der Waals surface area contributed by atoms with E-state index in [0.717, 1.165) is 18.4 Å². The maximum absolute atomic E-state index is 12.2. The molecule has 1 atom stereocenters. The number of hydrogen-bond acceptors (Lipinski definition) is 2. The molecule has 1 saturated carbocycles. The van der Waals surface area contributed by atoms with E-state index in [1.165, 1.54) is 12.8 Å². The van der Waals surface area contributed by atoms with E-state index in [4.69, 9.17) is 0 Å². The predicted octanol–water partition coefficient (Wildman–Crippen LogP) is 2.84. The molecule has 0 saturated heterocycles. The lowest BCUT2D eigenvalue weighted by atomic mass is 9.87. The van der Waals surface area contributed by atoms with Crippen molar-refractivity contribution in [2.24, 2.45) is 5.41 Å². The fourth-order valence-corrected chi connectivity index (χ4v) is 2.47. The van der Waals surface area contributed by atoms with Crippen molar-refractivity contribution in [1.82, 2.24) is 10.3 Å². The average Bonchev–Trinajstić information content (AvgIpc) is 2.78. The summed E-state index contributed by atoms with van der Waals surface area (Å²) in [5, 5.41) is 3.10.